The maximum atomic E-state index is 12.6. The van der Waals surface area contributed by atoms with Crippen molar-refractivity contribution in [3.05, 3.63) is 35.4 Å². The van der Waals surface area contributed by atoms with Gasteiger partial charge in [-0.1, -0.05) is 36.8 Å². The summed E-state index contributed by atoms with van der Waals surface area (Å²) < 4.78 is 12.6. The standard InChI is InChI=1S/C16H21NOS/c1-12-4-3-5-14(8-12)11-19(18)16-9-13(2)6-7-15(16)10-17/h3-5,8,13,15-16H,6-7,9,11H2,1-2H3. The fourth-order valence-electron chi connectivity index (χ4n) is 2.84. The molecule has 0 aliphatic heterocycles. The Morgan fingerprint density at radius 1 is 1.42 bits per heavy atom. The molecule has 1 aromatic rings. The van der Waals surface area contributed by atoms with Crippen LogP contribution < -0.4 is 0 Å². The van der Waals surface area contributed by atoms with Crippen LogP contribution in [0.4, 0.5) is 0 Å². The summed E-state index contributed by atoms with van der Waals surface area (Å²) in [5.74, 6) is 1.15. The molecule has 0 aromatic heterocycles. The number of hydrogen-bond acceptors (Lipinski definition) is 2. The second kappa shape index (κ2) is 6.34. The molecule has 4 unspecified atom stereocenters. The first-order valence-corrected chi connectivity index (χ1v) is 8.30. The summed E-state index contributed by atoms with van der Waals surface area (Å²) in [4.78, 5) is 0. The van der Waals surface area contributed by atoms with E-state index in [9.17, 15) is 9.47 Å². The third-order valence-corrected chi connectivity index (χ3v) is 5.76. The lowest BCUT2D eigenvalue weighted by atomic mass is 9.83. The molecule has 102 valence electrons. The molecule has 3 heteroatoms. The quantitative estimate of drug-likeness (QED) is 0.846. The molecule has 19 heavy (non-hydrogen) atoms. The van der Waals surface area contributed by atoms with E-state index in [2.05, 4.69) is 19.1 Å². The Kier molecular flexibility index (Phi) is 4.76. The van der Waals surface area contributed by atoms with E-state index in [1.807, 2.05) is 25.1 Å². The van der Waals surface area contributed by atoms with Crippen molar-refractivity contribution in [2.45, 2.75) is 44.1 Å². The number of nitrogens with zero attached hydrogens (tertiary/aromatic N) is 1. The molecular weight excluding hydrogens is 254 g/mol. The van der Waals surface area contributed by atoms with Gasteiger partial charge >= 0.3 is 0 Å². The highest BCUT2D eigenvalue weighted by Gasteiger charge is 2.32. The molecule has 2 nitrogen and oxygen atoms in total. The predicted octanol–water partition coefficient (Wildman–Crippen LogP) is 3.57. The van der Waals surface area contributed by atoms with Gasteiger partial charge in [-0.3, -0.25) is 4.21 Å². The van der Waals surface area contributed by atoms with E-state index < -0.39 is 10.8 Å². The summed E-state index contributed by atoms with van der Waals surface area (Å²) >= 11 is 0. The van der Waals surface area contributed by atoms with Crippen molar-refractivity contribution in [3.63, 3.8) is 0 Å². The van der Waals surface area contributed by atoms with E-state index in [1.165, 1.54) is 5.56 Å². The normalized spacial score (nSPS) is 28.6. The Morgan fingerprint density at radius 3 is 2.89 bits per heavy atom. The summed E-state index contributed by atoms with van der Waals surface area (Å²) in [6.45, 7) is 4.25. The van der Waals surface area contributed by atoms with Crippen LogP contribution in [0.3, 0.4) is 0 Å². The van der Waals surface area contributed by atoms with Crippen molar-refractivity contribution in [2.24, 2.45) is 11.8 Å². The minimum atomic E-state index is -0.939. The molecule has 1 aromatic carbocycles. The average molecular weight is 275 g/mol. The molecule has 2 rings (SSSR count). The van der Waals surface area contributed by atoms with Crippen LogP contribution in [0.1, 0.15) is 37.3 Å². The van der Waals surface area contributed by atoms with Crippen LogP contribution in [0, 0.1) is 30.1 Å². The van der Waals surface area contributed by atoms with Gasteiger partial charge in [0.25, 0.3) is 0 Å². The topological polar surface area (TPSA) is 40.9 Å². The van der Waals surface area contributed by atoms with Gasteiger partial charge in [-0.2, -0.15) is 5.26 Å². The first-order valence-electron chi connectivity index (χ1n) is 6.92. The summed E-state index contributed by atoms with van der Waals surface area (Å²) in [6.07, 6.45) is 2.93. The minimum Gasteiger partial charge on any atom is -0.259 e. The molecule has 1 saturated carbocycles. The van der Waals surface area contributed by atoms with Crippen LogP contribution in [0.5, 0.6) is 0 Å². The molecule has 0 spiro atoms. The van der Waals surface area contributed by atoms with E-state index in [1.54, 1.807) is 0 Å². The fraction of sp³-hybridized carbons (Fsp3) is 0.562. The molecule has 0 radical (unpaired) electrons. The highest BCUT2D eigenvalue weighted by molar-refractivity contribution is 7.84. The summed E-state index contributed by atoms with van der Waals surface area (Å²) in [5.41, 5.74) is 2.32. The van der Waals surface area contributed by atoms with E-state index in [0.717, 1.165) is 24.8 Å². The number of aryl methyl sites for hydroxylation is 1. The zero-order chi connectivity index (χ0) is 13.8. The molecule has 1 aliphatic rings. The van der Waals surface area contributed by atoms with Gasteiger partial charge in [0.1, 0.15) is 0 Å². The third kappa shape index (κ3) is 3.67. The van der Waals surface area contributed by atoms with Crippen LogP contribution in [0.2, 0.25) is 0 Å². The van der Waals surface area contributed by atoms with Crippen LogP contribution in [0.25, 0.3) is 0 Å². The van der Waals surface area contributed by atoms with Crippen LogP contribution in [-0.4, -0.2) is 9.46 Å². The lowest BCUT2D eigenvalue weighted by Gasteiger charge is -2.30. The monoisotopic (exact) mass is 275 g/mol. The van der Waals surface area contributed by atoms with E-state index in [4.69, 9.17) is 0 Å². The van der Waals surface area contributed by atoms with Gasteiger partial charge in [0.2, 0.25) is 0 Å². The predicted molar refractivity (Wildman–Crippen MR) is 78.9 cm³/mol. The van der Waals surface area contributed by atoms with Gasteiger partial charge < -0.3 is 0 Å². The molecule has 1 aliphatic carbocycles. The van der Waals surface area contributed by atoms with Gasteiger partial charge in [0, 0.05) is 16.6 Å². The molecule has 0 bridgehead atoms. The number of hydrogen-bond donors (Lipinski definition) is 0. The highest BCUT2D eigenvalue weighted by Crippen LogP contribution is 2.32. The molecule has 0 N–H and O–H groups in total. The molecular formula is C16H21NOS. The van der Waals surface area contributed by atoms with Gasteiger partial charge in [-0.05, 0) is 37.7 Å². The Balaban J connectivity index is 2.08. The van der Waals surface area contributed by atoms with Gasteiger partial charge in [0.05, 0.1) is 17.2 Å². The Morgan fingerprint density at radius 2 is 2.21 bits per heavy atom. The first kappa shape index (κ1) is 14.3. The van der Waals surface area contributed by atoms with Crippen molar-refractivity contribution in [1.29, 1.82) is 5.26 Å². The Labute approximate surface area is 118 Å². The fourth-order valence-corrected chi connectivity index (χ4v) is 4.67. The smallest absolute Gasteiger partial charge is 0.0668 e. The van der Waals surface area contributed by atoms with Gasteiger partial charge in [-0.25, -0.2) is 0 Å². The lowest BCUT2D eigenvalue weighted by molar-refractivity contribution is 0.341. The average Bonchev–Trinajstić information content (AvgIpc) is 2.38. The SMILES string of the molecule is Cc1cccc(CS(=O)C2CC(C)CCC2C#N)c1. The Bertz CT molecular complexity index is 506. The van der Waals surface area contributed by atoms with Crippen LogP contribution >= 0.6 is 0 Å². The summed E-state index contributed by atoms with van der Waals surface area (Å²) in [7, 11) is -0.939. The largest absolute Gasteiger partial charge is 0.259 e. The molecule has 0 amide bonds. The van der Waals surface area contributed by atoms with Gasteiger partial charge in [0.15, 0.2) is 0 Å². The van der Waals surface area contributed by atoms with E-state index in [-0.39, 0.29) is 11.2 Å². The summed E-state index contributed by atoms with van der Waals surface area (Å²) in [5, 5.41) is 9.27. The van der Waals surface area contributed by atoms with Crippen molar-refractivity contribution in [3.8, 4) is 6.07 Å². The third-order valence-electron chi connectivity index (χ3n) is 3.95. The highest BCUT2D eigenvalue weighted by atomic mass is 32.2. The molecule has 1 fully saturated rings. The lowest BCUT2D eigenvalue weighted by Crippen LogP contribution is -2.32. The second-order valence-electron chi connectivity index (χ2n) is 5.71. The van der Waals surface area contributed by atoms with Crippen molar-refractivity contribution in [1.82, 2.24) is 0 Å². The number of rotatable bonds is 3. The maximum absolute atomic E-state index is 12.6. The molecule has 4 atom stereocenters. The van der Waals surface area contributed by atoms with Crippen LogP contribution in [0.15, 0.2) is 24.3 Å². The van der Waals surface area contributed by atoms with Crippen molar-refractivity contribution < 1.29 is 4.21 Å². The molecule has 0 saturated heterocycles. The summed E-state index contributed by atoms with van der Waals surface area (Å²) in [6, 6.07) is 10.5. The maximum Gasteiger partial charge on any atom is 0.0668 e. The van der Waals surface area contributed by atoms with E-state index in [0.29, 0.717) is 11.7 Å². The minimum absolute atomic E-state index is 0.0261. The van der Waals surface area contributed by atoms with Gasteiger partial charge in [-0.15, -0.1) is 0 Å². The Hall–Kier alpha value is -1.14. The second-order valence-corrected chi connectivity index (χ2v) is 7.36. The zero-order valence-electron chi connectivity index (χ0n) is 11.6. The van der Waals surface area contributed by atoms with Crippen molar-refractivity contribution >= 4 is 10.8 Å². The number of benzene rings is 1. The zero-order valence-corrected chi connectivity index (χ0v) is 12.5. The van der Waals surface area contributed by atoms with E-state index >= 15 is 0 Å². The number of nitriles is 1. The first-order chi connectivity index (χ1) is 9.10. The molecule has 0 heterocycles. The van der Waals surface area contributed by atoms with Crippen molar-refractivity contribution in [2.75, 3.05) is 0 Å². The van der Waals surface area contributed by atoms with Crippen LogP contribution in [-0.2, 0) is 16.6 Å².